The molecule has 0 amide bonds. The fraction of sp³-hybridized carbons (Fsp3) is 0.250. The summed E-state index contributed by atoms with van der Waals surface area (Å²) < 4.78 is 0. The molecule has 118 valence electrons. The maximum absolute atomic E-state index is 10.3. The molecule has 6 nitrogen and oxygen atoms in total. The van der Waals surface area contributed by atoms with Crippen LogP contribution in [0, 0.1) is 10.1 Å². The first kappa shape index (κ1) is 17.6. The highest BCUT2D eigenvalue weighted by molar-refractivity contribution is 5.40. The maximum atomic E-state index is 10.3. The Labute approximate surface area is 129 Å². The normalized spacial score (nSPS) is 9.73. The quantitative estimate of drug-likeness (QED) is 0.444. The van der Waals surface area contributed by atoms with Gasteiger partial charge in [-0.05, 0) is 36.1 Å². The molecule has 6 heteroatoms. The minimum absolute atomic E-state index is 0.0150. The van der Waals surface area contributed by atoms with Crippen LogP contribution in [-0.2, 0) is 12.8 Å². The smallest absolute Gasteiger partial charge is 0.269 e. The average Bonchev–Trinajstić information content (AvgIpc) is 2.49. The number of non-ortho nitro benzene ring substituents is 1. The molecule has 4 N–H and O–H groups in total. The zero-order valence-corrected chi connectivity index (χ0v) is 12.2. The van der Waals surface area contributed by atoms with Crippen LogP contribution in [0.3, 0.4) is 0 Å². The monoisotopic (exact) mass is 304 g/mol. The number of rotatable bonds is 5. The topological polar surface area (TPSA) is 110 Å². The van der Waals surface area contributed by atoms with Crippen molar-refractivity contribution >= 4 is 11.4 Å². The molecular formula is C16H20N2O4. The molecule has 0 atom stereocenters. The number of nitrogens with zero attached hydrogens (tertiary/aromatic N) is 1. The van der Waals surface area contributed by atoms with Crippen molar-refractivity contribution < 1.29 is 15.1 Å². The molecule has 0 radical (unpaired) electrons. The number of nitro groups is 1. The summed E-state index contributed by atoms with van der Waals surface area (Å²) in [4.78, 5) is 9.86. The molecule has 2 aromatic rings. The van der Waals surface area contributed by atoms with Gasteiger partial charge in [0.25, 0.3) is 5.69 Å². The summed E-state index contributed by atoms with van der Waals surface area (Å²) >= 11 is 0. The Morgan fingerprint density at radius 3 is 2.00 bits per heavy atom. The number of aliphatic hydroxyl groups excluding tert-OH is 2. The van der Waals surface area contributed by atoms with Crippen LogP contribution in [0.15, 0.2) is 48.5 Å². The Hall–Kier alpha value is -2.44. The van der Waals surface area contributed by atoms with Gasteiger partial charge in [-0.3, -0.25) is 10.1 Å². The summed E-state index contributed by atoms with van der Waals surface area (Å²) in [6.07, 6.45) is 1.15. The Morgan fingerprint density at radius 2 is 1.50 bits per heavy atom. The number of hydrogen-bond acceptors (Lipinski definition) is 5. The molecule has 2 rings (SSSR count). The third kappa shape index (κ3) is 6.34. The number of nitrogen functional groups attached to an aromatic ring is 1. The van der Waals surface area contributed by atoms with Crippen LogP contribution in [0.25, 0.3) is 0 Å². The molecule has 0 aliphatic heterocycles. The first-order valence-electron chi connectivity index (χ1n) is 6.86. The second kappa shape index (κ2) is 9.49. The van der Waals surface area contributed by atoms with Crippen LogP contribution in [0.1, 0.15) is 11.1 Å². The maximum Gasteiger partial charge on any atom is 0.269 e. The Kier molecular flexibility index (Phi) is 7.60. The summed E-state index contributed by atoms with van der Waals surface area (Å²) in [5.41, 5.74) is 8.20. The SMILES string of the molecule is Nc1cccc(CCO)c1.O=[N+]([O-])c1cccc(CCO)c1. The highest BCUT2D eigenvalue weighted by atomic mass is 16.6. The Bertz CT molecular complexity index is 602. The number of anilines is 1. The Morgan fingerprint density at radius 1 is 0.955 bits per heavy atom. The average molecular weight is 304 g/mol. The molecule has 0 saturated heterocycles. The molecule has 0 bridgehead atoms. The van der Waals surface area contributed by atoms with Gasteiger partial charge in [0.1, 0.15) is 0 Å². The molecule has 0 aliphatic carbocycles. The number of nitro benzene ring substituents is 1. The van der Waals surface area contributed by atoms with Crippen molar-refractivity contribution in [3.8, 4) is 0 Å². The summed E-state index contributed by atoms with van der Waals surface area (Å²) in [5.74, 6) is 0. The van der Waals surface area contributed by atoms with Crippen molar-refractivity contribution in [2.24, 2.45) is 0 Å². The van der Waals surface area contributed by atoms with Gasteiger partial charge < -0.3 is 15.9 Å². The van der Waals surface area contributed by atoms with Crippen molar-refractivity contribution in [1.82, 2.24) is 0 Å². The summed E-state index contributed by atoms with van der Waals surface area (Å²) in [5, 5.41) is 27.4. The zero-order chi connectivity index (χ0) is 16.4. The number of nitrogens with two attached hydrogens (primary N) is 1. The third-order valence-corrected chi connectivity index (χ3v) is 2.87. The van der Waals surface area contributed by atoms with Crippen LogP contribution >= 0.6 is 0 Å². The van der Waals surface area contributed by atoms with E-state index in [-0.39, 0.29) is 18.9 Å². The fourth-order valence-corrected chi connectivity index (χ4v) is 1.83. The van der Waals surface area contributed by atoms with E-state index in [2.05, 4.69) is 0 Å². The third-order valence-electron chi connectivity index (χ3n) is 2.87. The van der Waals surface area contributed by atoms with E-state index in [0.29, 0.717) is 12.8 Å². The van der Waals surface area contributed by atoms with Gasteiger partial charge >= 0.3 is 0 Å². The predicted molar refractivity (Wildman–Crippen MR) is 85.5 cm³/mol. The predicted octanol–water partition coefficient (Wildman–Crippen LogP) is 1.93. The van der Waals surface area contributed by atoms with E-state index in [9.17, 15) is 10.1 Å². The standard InChI is InChI=1S/C8H9NO3.C8H11NO/c10-5-4-7-2-1-3-8(6-7)9(11)12;9-8-3-1-2-7(6-8)4-5-10/h1-3,6,10H,4-5H2;1-3,6,10H,4-5,9H2. The van der Waals surface area contributed by atoms with Gasteiger partial charge in [0.15, 0.2) is 0 Å². The van der Waals surface area contributed by atoms with Gasteiger partial charge in [0.05, 0.1) is 4.92 Å². The minimum Gasteiger partial charge on any atom is -0.399 e. The molecule has 0 unspecified atom stereocenters. The van der Waals surface area contributed by atoms with E-state index < -0.39 is 4.92 Å². The van der Waals surface area contributed by atoms with Gasteiger partial charge in [-0.15, -0.1) is 0 Å². The van der Waals surface area contributed by atoms with E-state index in [1.165, 1.54) is 12.1 Å². The van der Waals surface area contributed by atoms with E-state index in [1.54, 1.807) is 12.1 Å². The lowest BCUT2D eigenvalue weighted by Crippen LogP contribution is -1.93. The van der Waals surface area contributed by atoms with Crippen molar-refractivity contribution in [1.29, 1.82) is 0 Å². The molecule has 0 fully saturated rings. The molecule has 0 aromatic heterocycles. The van der Waals surface area contributed by atoms with Crippen LogP contribution in [0.2, 0.25) is 0 Å². The largest absolute Gasteiger partial charge is 0.399 e. The van der Waals surface area contributed by atoms with Crippen LogP contribution in [-0.4, -0.2) is 28.4 Å². The first-order valence-corrected chi connectivity index (χ1v) is 6.86. The van der Waals surface area contributed by atoms with E-state index in [4.69, 9.17) is 15.9 Å². The highest BCUT2D eigenvalue weighted by Crippen LogP contribution is 2.12. The lowest BCUT2D eigenvalue weighted by Gasteiger charge is -1.97. The number of hydrogen-bond donors (Lipinski definition) is 3. The molecule has 22 heavy (non-hydrogen) atoms. The Balaban J connectivity index is 0.000000224. The van der Waals surface area contributed by atoms with Gasteiger partial charge in [-0.2, -0.15) is 0 Å². The van der Waals surface area contributed by atoms with Crippen molar-refractivity contribution in [3.05, 3.63) is 69.8 Å². The van der Waals surface area contributed by atoms with Gasteiger partial charge in [-0.25, -0.2) is 0 Å². The molecule has 2 aromatic carbocycles. The van der Waals surface area contributed by atoms with Gasteiger partial charge in [0.2, 0.25) is 0 Å². The molecule has 0 spiro atoms. The fourth-order valence-electron chi connectivity index (χ4n) is 1.83. The van der Waals surface area contributed by atoms with E-state index in [0.717, 1.165) is 16.8 Å². The van der Waals surface area contributed by atoms with Crippen molar-refractivity contribution in [2.75, 3.05) is 18.9 Å². The minimum atomic E-state index is -0.444. The van der Waals surface area contributed by atoms with E-state index >= 15 is 0 Å². The highest BCUT2D eigenvalue weighted by Gasteiger charge is 2.04. The molecular weight excluding hydrogens is 284 g/mol. The lowest BCUT2D eigenvalue weighted by molar-refractivity contribution is -0.384. The first-order chi connectivity index (χ1) is 10.6. The zero-order valence-electron chi connectivity index (χ0n) is 12.2. The molecule has 0 saturated carbocycles. The van der Waals surface area contributed by atoms with E-state index in [1.807, 2.05) is 24.3 Å². The number of aliphatic hydroxyl groups is 2. The van der Waals surface area contributed by atoms with Crippen molar-refractivity contribution in [3.63, 3.8) is 0 Å². The summed E-state index contributed by atoms with van der Waals surface area (Å²) in [6.45, 7) is 0.199. The summed E-state index contributed by atoms with van der Waals surface area (Å²) in [7, 11) is 0. The van der Waals surface area contributed by atoms with Crippen LogP contribution in [0.5, 0.6) is 0 Å². The van der Waals surface area contributed by atoms with Gasteiger partial charge in [-0.1, -0.05) is 24.3 Å². The van der Waals surface area contributed by atoms with Gasteiger partial charge in [0, 0.05) is 31.0 Å². The van der Waals surface area contributed by atoms with Crippen LogP contribution in [0.4, 0.5) is 11.4 Å². The summed E-state index contributed by atoms with van der Waals surface area (Å²) in [6, 6.07) is 13.8. The second-order valence-electron chi connectivity index (χ2n) is 4.62. The molecule has 0 heterocycles. The molecule has 0 aliphatic rings. The lowest BCUT2D eigenvalue weighted by atomic mass is 10.1. The second-order valence-corrected chi connectivity index (χ2v) is 4.62. The van der Waals surface area contributed by atoms with Crippen LogP contribution < -0.4 is 5.73 Å². The van der Waals surface area contributed by atoms with Crippen molar-refractivity contribution in [2.45, 2.75) is 12.8 Å². The number of benzene rings is 2.